The summed E-state index contributed by atoms with van der Waals surface area (Å²) in [6.07, 6.45) is 10.9. The van der Waals surface area contributed by atoms with E-state index in [1.807, 2.05) is 25.4 Å². The van der Waals surface area contributed by atoms with Gasteiger partial charge in [0.25, 0.3) is 0 Å². The predicted molar refractivity (Wildman–Crippen MR) is 80.6 cm³/mol. The molecule has 3 nitrogen and oxygen atoms in total. The minimum Gasteiger partial charge on any atom is -0.495 e. The summed E-state index contributed by atoms with van der Waals surface area (Å²) in [7, 11) is 3.70. The lowest BCUT2D eigenvalue weighted by Crippen LogP contribution is -2.18. The molecule has 0 aliphatic carbocycles. The molecular formula is C16H28N2O. The molecule has 1 rings (SSSR count). The van der Waals surface area contributed by atoms with Crippen molar-refractivity contribution < 1.29 is 4.74 Å². The Kier molecular flexibility index (Phi) is 8.23. The number of rotatable bonds is 10. The van der Waals surface area contributed by atoms with Crippen LogP contribution in [0.4, 0.5) is 0 Å². The highest BCUT2D eigenvalue weighted by Crippen LogP contribution is 2.26. The minimum atomic E-state index is 0.294. The van der Waals surface area contributed by atoms with Gasteiger partial charge >= 0.3 is 0 Å². The Bertz CT molecular complexity index is 341. The zero-order valence-corrected chi connectivity index (χ0v) is 12.6. The monoisotopic (exact) mass is 264 g/mol. The third kappa shape index (κ3) is 5.60. The van der Waals surface area contributed by atoms with Crippen molar-refractivity contribution in [3.63, 3.8) is 0 Å². The first-order chi connectivity index (χ1) is 9.33. The van der Waals surface area contributed by atoms with Crippen molar-refractivity contribution >= 4 is 0 Å². The molecule has 3 heteroatoms. The number of ether oxygens (including phenoxy) is 1. The molecule has 0 saturated heterocycles. The van der Waals surface area contributed by atoms with E-state index in [1.54, 1.807) is 7.11 Å². The Labute approximate surface area is 117 Å². The second-order valence-corrected chi connectivity index (χ2v) is 4.99. The Morgan fingerprint density at radius 1 is 1.21 bits per heavy atom. The molecule has 19 heavy (non-hydrogen) atoms. The van der Waals surface area contributed by atoms with Crippen LogP contribution in [0.25, 0.3) is 0 Å². The molecular weight excluding hydrogens is 236 g/mol. The zero-order chi connectivity index (χ0) is 13.9. The summed E-state index contributed by atoms with van der Waals surface area (Å²) in [4.78, 5) is 4.46. The second kappa shape index (κ2) is 9.79. The first kappa shape index (κ1) is 16.0. The van der Waals surface area contributed by atoms with E-state index in [0.29, 0.717) is 6.04 Å². The Morgan fingerprint density at radius 3 is 2.63 bits per heavy atom. The van der Waals surface area contributed by atoms with E-state index in [2.05, 4.69) is 17.2 Å². The molecule has 0 aliphatic heterocycles. The van der Waals surface area contributed by atoms with E-state index >= 15 is 0 Å². The van der Waals surface area contributed by atoms with Gasteiger partial charge in [-0.05, 0) is 25.6 Å². The smallest absolute Gasteiger partial charge is 0.141 e. The lowest BCUT2D eigenvalue weighted by molar-refractivity contribution is 0.390. The molecule has 1 aromatic heterocycles. The molecule has 108 valence electrons. The predicted octanol–water partition coefficient (Wildman–Crippen LogP) is 4.10. The number of aromatic nitrogens is 1. The van der Waals surface area contributed by atoms with E-state index < -0.39 is 0 Å². The fourth-order valence-corrected chi connectivity index (χ4v) is 2.38. The summed E-state index contributed by atoms with van der Waals surface area (Å²) in [6.45, 7) is 2.25. The molecule has 0 aromatic carbocycles. The number of hydrogen-bond acceptors (Lipinski definition) is 3. The molecule has 0 radical (unpaired) electrons. The minimum absolute atomic E-state index is 0.294. The van der Waals surface area contributed by atoms with Crippen molar-refractivity contribution in [3.05, 3.63) is 24.0 Å². The van der Waals surface area contributed by atoms with Crippen molar-refractivity contribution in [3.8, 4) is 5.75 Å². The molecule has 0 saturated carbocycles. The van der Waals surface area contributed by atoms with Gasteiger partial charge in [0.05, 0.1) is 18.8 Å². The van der Waals surface area contributed by atoms with Crippen LogP contribution in [0.3, 0.4) is 0 Å². The highest BCUT2D eigenvalue weighted by atomic mass is 16.5. The maximum absolute atomic E-state index is 5.39. The van der Waals surface area contributed by atoms with Gasteiger partial charge in [-0.15, -0.1) is 0 Å². The fourth-order valence-electron chi connectivity index (χ4n) is 2.38. The maximum atomic E-state index is 5.39. The van der Waals surface area contributed by atoms with Crippen LogP contribution >= 0.6 is 0 Å². The van der Waals surface area contributed by atoms with E-state index in [0.717, 1.165) is 17.9 Å². The first-order valence-electron chi connectivity index (χ1n) is 7.49. The lowest BCUT2D eigenvalue weighted by atomic mass is 10.0. The van der Waals surface area contributed by atoms with E-state index in [-0.39, 0.29) is 0 Å². The molecule has 1 N–H and O–H groups in total. The van der Waals surface area contributed by atoms with Gasteiger partial charge in [0.1, 0.15) is 5.75 Å². The van der Waals surface area contributed by atoms with Crippen LogP contribution in [0.2, 0.25) is 0 Å². The number of unbranched alkanes of at least 4 members (excludes halogenated alkanes) is 5. The van der Waals surface area contributed by atoms with Crippen LogP contribution in [-0.4, -0.2) is 19.1 Å². The average Bonchev–Trinajstić information content (AvgIpc) is 2.47. The number of pyridine rings is 1. The van der Waals surface area contributed by atoms with Crippen LogP contribution < -0.4 is 10.1 Å². The van der Waals surface area contributed by atoms with Crippen molar-refractivity contribution in [1.29, 1.82) is 0 Å². The molecule has 1 unspecified atom stereocenters. The van der Waals surface area contributed by atoms with Gasteiger partial charge in [0.2, 0.25) is 0 Å². The van der Waals surface area contributed by atoms with E-state index in [9.17, 15) is 0 Å². The highest BCUT2D eigenvalue weighted by Gasteiger charge is 2.14. The summed E-state index contributed by atoms with van der Waals surface area (Å²) in [5.74, 6) is 0.882. The second-order valence-electron chi connectivity index (χ2n) is 4.99. The molecule has 0 fully saturated rings. The first-order valence-corrected chi connectivity index (χ1v) is 7.49. The van der Waals surface area contributed by atoms with Crippen LogP contribution in [-0.2, 0) is 0 Å². The van der Waals surface area contributed by atoms with E-state index in [1.165, 1.54) is 38.5 Å². The van der Waals surface area contributed by atoms with Gasteiger partial charge in [-0.1, -0.05) is 45.4 Å². The highest BCUT2D eigenvalue weighted by molar-refractivity contribution is 5.29. The maximum Gasteiger partial charge on any atom is 0.141 e. The molecule has 0 amide bonds. The van der Waals surface area contributed by atoms with Gasteiger partial charge in [-0.25, -0.2) is 0 Å². The summed E-state index contributed by atoms with van der Waals surface area (Å²) in [5, 5.41) is 3.35. The van der Waals surface area contributed by atoms with Crippen LogP contribution in [0.15, 0.2) is 18.3 Å². The number of hydrogen-bond donors (Lipinski definition) is 1. The number of nitrogens with zero attached hydrogens (tertiary/aromatic N) is 1. The third-order valence-corrected chi connectivity index (χ3v) is 3.54. The topological polar surface area (TPSA) is 34.2 Å². The number of nitrogens with one attached hydrogen (secondary N) is 1. The van der Waals surface area contributed by atoms with Crippen LogP contribution in [0.1, 0.15) is 63.6 Å². The lowest BCUT2D eigenvalue weighted by Gasteiger charge is -2.18. The van der Waals surface area contributed by atoms with Gasteiger partial charge in [-0.3, -0.25) is 4.98 Å². The molecule has 1 aromatic rings. The third-order valence-electron chi connectivity index (χ3n) is 3.54. The molecule has 0 bridgehead atoms. The zero-order valence-electron chi connectivity index (χ0n) is 12.6. The normalized spacial score (nSPS) is 12.4. The summed E-state index contributed by atoms with van der Waals surface area (Å²) in [6, 6.07) is 4.19. The largest absolute Gasteiger partial charge is 0.495 e. The van der Waals surface area contributed by atoms with Crippen LogP contribution in [0.5, 0.6) is 5.75 Å². The molecule has 0 spiro atoms. The summed E-state index contributed by atoms with van der Waals surface area (Å²) >= 11 is 0. The van der Waals surface area contributed by atoms with Gasteiger partial charge in [0.15, 0.2) is 0 Å². The SMILES string of the molecule is CCCCCCCCC(NC)c1ncccc1OC. The Morgan fingerprint density at radius 2 is 1.95 bits per heavy atom. The van der Waals surface area contributed by atoms with E-state index in [4.69, 9.17) is 4.74 Å². The van der Waals surface area contributed by atoms with Crippen molar-refractivity contribution in [1.82, 2.24) is 10.3 Å². The average molecular weight is 264 g/mol. The van der Waals surface area contributed by atoms with Crippen molar-refractivity contribution in [2.45, 2.75) is 57.9 Å². The summed E-state index contributed by atoms with van der Waals surface area (Å²) in [5.41, 5.74) is 1.03. The molecule has 1 heterocycles. The van der Waals surface area contributed by atoms with Crippen LogP contribution in [0, 0.1) is 0 Å². The Hall–Kier alpha value is -1.09. The summed E-state index contributed by atoms with van der Waals surface area (Å²) < 4.78 is 5.39. The Balaban J connectivity index is 2.40. The van der Waals surface area contributed by atoms with Gasteiger partial charge in [0, 0.05) is 6.20 Å². The number of methoxy groups -OCH3 is 1. The van der Waals surface area contributed by atoms with Gasteiger partial charge < -0.3 is 10.1 Å². The van der Waals surface area contributed by atoms with Crippen molar-refractivity contribution in [2.75, 3.05) is 14.2 Å². The standard InChI is InChI=1S/C16H28N2O/c1-4-5-6-7-8-9-11-14(17-2)16-15(19-3)12-10-13-18-16/h10,12-14,17H,4-9,11H2,1-3H3. The molecule has 1 atom stereocenters. The van der Waals surface area contributed by atoms with Gasteiger partial charge in [-0.2, -0.15) is 0 Å². The fraction of sp³-hybridized carbons (Fsp3) is 0.688. The molecule has 0 aliphatic rings. The van der Waals surface area contributed by atoms with Crippen molar-refractivity contribution in [2.24, 2.45) is 0 Å². The quantitative estimate of drug-likeness (QED) is 0.646.